The summed E-state index contributed by atoms with van der Waals surface area (Å²) in [6, 6.07) is 7.99. The molecular weight excluding hydrogens is 332 g/mol. The topological polar surface area (TPSA) is 44.1 Å². The third-order valence-corrected chi connectivity index (χ3v) is 3.56. The van der Waals surface area contributed by atoms with Crippen molar-refractivity contribution in [2.75, 3.05) is 7.11 Å². The van der Waals surface area contributed by atoms with Gasteiger partial charge >= 0.3 is 5.97 Å². The van der Waals surface area contributed by atoms with E-state index in [0.29, 0.717) is 16.8 Å². The van der Waals surface area contributed by atoms with E-state index in [1.165, 1.54) is 12.7 Å². The van der Waals surface area contributed by atoms with Crippen LogP contribution >= 0.6 is 27.5 Å². The maximum atomic E-state index is 11.7. The molecule has 2 aromatic rings. The summed E-state index contributed by atoms with van der Waals surface area (Å²) in [5.74, 6) is -0.474. The molecule has 0 atom stereocenters. The molecule has 0 saturated heterocycles. The first-order valence-electron chi connectivity index (χ1n) is 5.58. The molecule has 1 aromatic heterocycles. The van der Waals surface area contributed by atoms with Crippen molar-refractivity contribution < 1.29 is 9.53 Å². The van der Waals surface area contributed by atoms with Gasteiger partial charge in [0, 0.05) is 0 Å². The standard InChI is InChI=1S/C13H12BrClN2O2/c1-8-3-5-9(6-4-8)7-17-10(12(18)19-2)11(14)16-13(17)15/h3-6H,7H2,1-2H3. The number of aryl methyl sites for hydroxylation is 1. The molecule has 0 unspecified atom stereocenters. The van der Waals surface area contributed by atoms with Gasteiger partial charge in [-0.15, -0.1) is 0 Å². The van der Waals surface area contributed by atoms with E-state index < -0.39 is 5.97 Å². The van der Waals surface area contributed by atoms with E-state index in [2.05, 4.69) is 20.9 Å². The van der Waals surface area contributed by atoms with Crippen molar-refractivity contribution in [3.63, 3.8) is 0 Å². The Balaban J connectivity index is 2.39. The molecule has 0 amide bonds. The third-order valence-electron chi connectivity index (χ3n) is 2.72. The summed E-state index contributed by atoms with van der Waals surface area (Å²) in [5, 5.41) is 0.243. The Morgan fingerprint density at radius 2 is 2.05 bits per heavy atom. The number of hydrogen-bond donors (Lipinski definition) is 0. The highest BCUT2D eigenvalue weighted by Crippen LogP contribution is 2.23. The average molecular weight is 344 g/mol. The van der Waals surface area contributed by atoms with Crippen molar-refractivity contribution in [2.24, 2.45) is 0 Å². The number of carbonyl (C=O) groups is 1. The Kier molecular flexibility index (Phi) is 4.27. The van der Waals surface area contributed by atoms with Crippen molar-refractivity contribution in [3.8, 4) is 0 Å². The van der Waals surface area contributed by atoms with Gasteiger partial charge in [-0.3, -0.25) is 0 Å². The molecule has 0 bridgehead atoms. The zero-order valence-electron chi connectivity index (χ0n) is 10.5. The second kappa shape index (κ2) is 5.75. The zero-order chi connectivity index (χ0) is 14.0. The molecule has 0 aliphatic carbocycles. The number of carbonyl (C=O) groups excluding carboxylic acids is 1. The van der Waals surface area contributed by atoms with Crippen LogP contribution in [-0.4, -0.2) is 22.6 Å². The Labute approximate surface area is 124 Å². The monoisotopic (exact) mass is 342 g/mol. The summed E-state index contributed by atoms with van der Waals surface area (Å²) >= 11 is 9.26. The van der Waals surface area contributed by atoms with Gasteiger partial charge in [0.25, 0.3) is 0 Å². The van der Waals surface area contributed by atoms with Crippen LogP contribution in [0.4, 0.5) is 0 Å². The Hall–Kier alpha value is -1.33. The summed E-state index contributed by atoms with van der Waals surface area (Å²) in [6.07, 6.45) is 0. The summed E-state index contributed by atoms with van der Waals surface area (Å²) in [5.41, 5.74) is 2.52. The highest BCUT2D eigenvalue weighted by atomic mass is 79.9. The predicted octanol–water partition coefficient (Wildman–Crippen LogP) is 3.44. The summed E-state index contributed by atoms with van der Waals surface area (Å²) in [7, 11) is 1.33. The first-order valence-corrected chi connectivity index (χ1v) is 6.75. The van der Waals surface area contributed by atoms with Gasteiger partial charge in [0.05, 0.1) is 13.7 Å². The molecule has 0 radical (unpaired) electrons. The molecule has 1 aromatic carbocycles. The van der Waals surface area contributed by atoms with Crippen LogP contribution in [0.1, 0.15) is 21.6 Å². The van der Waals surface area contributed by atoms with Crippen molar-refractivity contribution >= 4 is 33.5 Å². The normalized spacial score (nSPS) is 10.5. The van der Waals surface area contributed by atoms with Gasteiger partial charge in [-0.1, -0.05) is 29.8 Å². The average Bonchev–Trinajstić information content (AvgIpc) is 2.66. The van der Waals surface area contributed by atoms with Gasteiger partial charge in [-0.2, -0.15) is 0 Å². The second-order valence-electron chi connectivity index (χ2n) is 4.08. The van der Waals surface area contributed by atoms with E-state index in [9.17, 15) is 4.79 Å². The fraction of sp³-hybridized carbons (Fsp3) is 0.231. The van der Waals surface area contributed by atoms with Crippen LogP contribution in [0.25, 0.3) is 0 Å². The first kappa shape index (κ1) is 14.1. The fourth-order valence-corrected chi connectivity index (χ4v) is 2.58. The number of imidazole rings is 1. The molecule has 0 fully saturated rings. The number of hydrogen-bond acceptors (Lipinski definition) is 3. The maximum absolute atomic E-state index is 11.7. The highest BCUT2D eigenvalue weighted by molar-refractivity contribution is 9.10. The van der Waals surface area contributed by atoms with Gasteiger partial charge in [0.1, 0.15) is 4.60 Å². The molecule has 0 aliphatic heterocycles. The predicted molar refractivity (Wildman–Crippen MR) is 76.6 cm³/mol. The van der Waals surface area contributed by atoms with Gasteiger partial charge in [-0.25, -0.2) is 9.78 Å². The molecule has 0 spiro atoms. The fourth-order valence-electron chi connectivity index (χ4n) is 1.71. The zero-order valence-corrected chi connectivity index (χ0v) is 12.8. The molecular formula is C13H12BrClN2O2. The number of aromatic nitrogens is 2. The first-order chi connectivity index (χ1) is 9.02. The lowest BCUT2D eigenvalue weighted by Gasteiger charge is -2.08. The lowest BCUT2D eigenvalue weighted by Crippen LogP contribution is -2.12. The quantitative estimate of drug-likeness (QED) is 0.802. The van der Waals surface area contributed by atoms with E-state index >= 15 is 0 Å². The van der Waals surface area contributed by atoms with Crippen molar-refractivity contribution in [2.45, 2.75) is 13.5 Å². The van der Waals surface area contributed by atoms with Gasteiger partial charge in [0.2, 0.25) is 5.28 Å². The Bertz CT molecular complexity index is 608. The SMILES string of the molecule is COC(=O)c1c(Br)nc(Cl)n1Cc1ccc(C)cc1. The summed E-state index contributed by atoms with van der Waals surface area (Å²) in [4.78, 5) is 15.8. The third kappa shape index (κ3) is 2.98. The van der Waals surface area contributed by atoms with E-state index in [4.69, 9.17) is 16.3 Å². The van der Waals surface area contributed by atoms with Crippen LogP contribution in [-0.2, 0) is 11.3 Å². The van der Waals surface area contributed by atoms with Gasteiger partial charge in [0.15, 0.2) is 5.69 Å². The minimum Gasteiger partial charge on any atom is -0.464 e. The molecule has 2 rings (SSSR count). The van der Waals surface area contributed by atoms with Gasteiger partial charge in [-0.05, 0) is 40.0 Å². The molecule has 100 valence electrons. The lowest BCUT2D eigenvalue weighted by atomic mass is 10.1. The second-order valence-corrected chi connectivity index (χ2v) is 5.17. The van der Waals surface area contributed by atoms with Crippen LogP contribution in [0.5, 0.6) is 0 Å². The maximum Gasteiger partial charge on any atom is 0.357 e. The number of esters is 1. The van der Waals surface area contributed by atoms with Crippen LogP contribution < -0.4 is 0 Å². The minimum atomic E-state index is -0.474. The van der Waals surface area contributed by atoms with Crippen LogP contribution in [0, 0.1) is 6.92 Å². The smallest absolute Gasteiger partial charge is 0.357 e. The number of methoxy groups -OCH3 is 1. The largest absolute Gasteiger partial charge is 0.464 e. The molecule has 6 heteroatoms. The van der Waals surface area contributed by atoms with Gasteiger partial charge < -0.3 is 9.30 Å². The molecule has 0 aliphatic rings. The van der Waals surface area contributed by atoms with Crippen LogP contribution in [0.15, 0.2) is 28.9 Å². The van der Waals surface area contributed by atoms with E-state index in [-0.39, 0.29) is 5.28 Å². The summed E-state index contributed by atoms with van der Waals surface area (Å²) < 4.78 is 6.74. The van der Waals surface area contributed by atoms with Crippen molar-refractivity contribution in [1.82, 2.24) is 9.55 Å². The number of halogens is 2. The number of rotatable bonds is 3. The molecule has 0 N–H and O–H groups in total. The van der Waals surface area contributed by atoms with Crippen LogP contribution in [0.3, 0.4) is 0 Å². The van der Waals surface area contributed by atoms with Crippen molar-refractivity contribution in [1.29, 1.82) is 0 Å². The van der Waals surface area contributed by atoms with E-state index in [0.717, 1.165) is 5.56 Å². The van der Waals surface area contributed by atoms with Crippen LogP contribution in [0.2, 0.25) is 5.28 Å². The number of nitrogens with zero attached hydrogens (tertiary/aromatic N) is 2. The number of ether oxygens (including phenoxy) is 1. The Morgan fingerprint density at radius 1 is 1.42 bits per heavy atom. The van der Waals surface area contributed by atoms with E-state index in [1.54, 1.807) is 4.57 Å². The highest BCUT2D eigenvalue weighted by Gasteiger charge is 2.21. The summed E-state index contributed by atoms with van der Waals surface area (Å²) in [6.45, 7) is 2.48. The molecule has 0 saturated carbocycles. The number of benzene rings is 1. The molecule has 19 heavy (non-hydrogen) atoms. The minimum absolute atomic E-state index is 0.243. The van der Waals surface area contributed by atoms with Crippen molar-refractivity contribution in [3.05, 3.63) is 51.0 Å². The molecule has 4 nitrogen and oxygen atoms in total. The molecule has 1 heterocycles. The lowest BCUT2D eigenvalue weighted by molar-refractivity contribution is 0.0588. The van der Waals surface area contributed by atoms with E-state index in [1.807, 2.05) is 31.2 Å². The Morgan fingerprint density at radius 3 is 2.63 bits per heavy atom.